The lowest BCUT2D eigenvalue weighted by Crippen LogP contribution is -1.96. The van der Waals surface area contributed by atoms with Gasteiger partial charge in [-0.1, -0.05) is 103 Å². The molecule has 8 aromatic carbocycles. The molecule has 0 saturated carbocycles. The van der Waals surface area contributed by atoms with Gasteiger partial charge in [-0.15, -0.1) is 0 Å². The summed E-state index contributed by atoms with van der Waals surface area (Å²) in [6.45, 7) is 0. The van der Waals surface area contributed by atoms with Crippen LogP contribution in [-0.4, -0.2) is 9.13 Å². The summed E-state index contributed by atoms with van der Waals surface area (Å²) in [5, 5.41) is 19.1. The Kier molecular flexibility index (Phi) is 5.64. The van der Waals surface area contributed by atoms with Crippen LogP contribution in [0.1, 0.15) is 5.56 Å². The minimum atomic E-state index is 0.672. The van der Waals surface area contributed by atoms with E-state index in [-0.39, 0.29) is 0 Å². The molecule has 3 heteroatoms. The van der Waals surface area contributed by atoms with E-state index in [1.807, 2.05) is 12.1 Å². The molecule has 0 unspecified atom stereocenters. The molecule has 0 aliphatic heterocycles. The molecule has 10 aromatic rings. The van der Waals surface area contributed by atoms with Crippen molar-refractivity contribution in [2.45, 2.75) is 0 Å². The molecule has 0 bridgehead atoms. The number of fused-ring (bicyclic) bond motifs is 9. The van der Waals surface area contributed by atoms with Gasteiger partial charge < -0.3 is 9.13 Å². The molecule has 0 fully saturated rings. The van der Waals surface area contributed by atoms with E-state index in [1.165, 1.54) is 54.7 Å². The van der Waals surface area contributed by atoms with Crippen molar-refractivity contribution in [1.82, 2.24) is 9.13 Å². The molecule has 0 aliphatic rings. The van der Waals surface area contributed by atoms with Crippen molar-refractivity contribution < 1.29 is 0 Å². The second-order valence-corrected chi connectivity index (χ2v) is 12.5. The van der Waals surface area contributed by atoms with Crippen LogP contribution < -0.4 is 0 Å². The van der Waals surface area contributed by atoms with Gasteiger partial charge in [0.2, 0.25) is 0 Å². The third-order valence-corrected chi connectivity index (χ3v) is 9.90. The molecule has 0 N–H and O–H groups in total. The Hall–Kier alpha value is -6.63. The first-order valence-corrected chi connectivity index (χ1v) is 16.2. The van der Waals surface area contributed by atoms with E-state index in [4.69, 9.17) is 0 Å². The van der Waals surface area contributed by atoms with Gasteiger partial charge in [-0.05, 0) is 87.9 Å². The van der Waals surface area contributed by atoms with Crippen LogP contribution in [0.25, 0.3) is 87.7 Å². The highest BCUT2D eigenvalue weighted by Gasteiger charge is 2.18. The topological polar surface area (TPSA) is 33.6 Å². The standard InChI is InChI=1S/C45H27N3/c46-28-29-18-19-32-27-45(35-13-5-4-12-34(35)39(32)24-29)48-42-17-9-6-14-36(42)38-22-20-31(26-44(38)48)30-21-23-43-40(25-30)37-15-7-8-16-41(37)47(43)33-10-2-1-3-11-33/h1-27H. The van der Waals surface area contributed by atoms with E-state index in [0.29, 0.717) is 5.56 Å². The lowest BCUT2D eigenvalue weighted by atomic mass is 9.98. The van der Waals surface area contributed by atoms with E-state index in [0.717, 1.165) is 32.9 Å². The minimum absolute atomic E-state index is 0.672. The highest BCUT2D eigenvalue weighted by atomic mass is 15.0. The Balaban J connectivity index is 1.24. The lowest BCUT2D eigenvalue weighted by molar-refractivity contribution is 1.18. The van der Waals surface area contributed by atoms with E-state index in [2.05, 4.69) is 167 Å². The molecular formula is C45H27N3. The summed E-state index contributed by atoms with van der Waals surface area (Å²) in [6, 6.07) is 60.9. The maximum Gasteiger partial charge on any atom is 0.0991 e. The van der Waals surface area contributed by atoms with Crippen molar-refractivity contribution in [3.05, 3.63) is 169 Å². The highest BCUT2D eigenvalue weighted by Crippen LogP contribution is 2.40. The van der Waals surface area contributed by atoms with Crippen LogP contribution in [0.2, 0.25) is 0 Å². The van der Waals surface area contributed by atoms with Gasteiger partial charge in [0.15, 0.2) is 0 Å². The average molecular weight is 610 g/mol. The van der Waals surface area contributed by atoms with Crippen molar-refractivity contribution in [1.29, 1.82) is 5.26 Å². The molecule has 222 valence electrons. The Bertz CT molecular complexity index is 2950. The molecule has 48 heavy (non-hydrogen) atoms. The van der Waals surface area contributed by atoms with E-state index in [9.17, 15) is 5.26 Å². The van der Waals surface area contributed by atoms with Gasteiger partial charge in [0.05, 0.1) is 39.4 Å². The fraction of sp³-hybridized carbons (Fsp3) is 0. The van der Waals surface area contributed by atoms with Crippen molar-refractivity contribution in [2.24, 2.45) is 0 Å². The van der Waals surface area contributed by atoms with Crippen LogP contribution in [0.3, 0.4) is 0 Å². The summed E-state index contributed by atoms with van der Waals surface area (Å²) in [5.74, 6) is 0. The van der Waals surface area contributed by atoms with Gasteiger partial charge >= 0.3 is 0 Å². The van der Waals surface area contributed by atoms with Gasteiger partial charge in [-0.3, -0.25) is 0 Å². The van der Waals surface area contributed by atoms with Crippen LogP contribution in [0, 0.1) is 11.3 Å². The third-order valence-electron chi connectivity index (χ3n) is 9.90. The second-order valence-electron chi connectivity index (χ2n) is 12.5. The van der Waals surface area contributed by atoms with Crippen molar-refractivity contribution >= 4 is 65.2 Å². The summed E-state index contributed by atoms with van der Waals surface area (Å²) < 4.78 is 4.79. The Morgan fingerprint density at radius 2 is 0.979 bits per heavy atom. The predicted molar refractivity (Wildman–Crippen MR) is 200 cm³/mol. The summed E-state index contributed by atoms with van der Waals surface area (Å²) >= 11 is 0. The van der Waals surface area contributed by atoms with Crippen molar-refractivity contribution in [3.8, 4) is 28.6 Å². The van der Waals surface area contributed by atoms with Crippen molar-refractivity contribution in [2.75, 3.05) is 0 Å². The largest absolute Gasteiger partial charge is 0.309 e. The van der Waals surface area contributed by atoms with Gasteiger partial charge in [0.1, 0.15) is 0 Å². The Labute approximate surface area is 276 Å². The van der Waals surface area contributed by atoms with E-state index < -0.39 is 0 Å². The fourth-order valence-electron chi connectivity index (χ4n) is 7.75. The van der Waals surface area contributed by atoms with E-state index in [1.54, 1.807) is 0 Å². The number of para-hydroxylation sites is 3. The lowest BCUT2D eigenvalue weighted by Gasteiger charge is -2.15. The number of aromatic nitrogens is 2. The van der Waals surface area contributed by atoms with Crippen LogP contribution in [0.15, 0.2) is 164 Å². The van der Waals surface area contributed by atoms with Crippen LogP contribution in [0.4, 0.5) is 0 Å². The average Bonchev–Trinajstić information content (AvgIpc) is 3.67. The SMILES string of the molecule is N#Cc1ccc2cc(-n3c4ccccc4c4ccc(-c5ccc6c(c5)c5ccccc5n6-c5ccccc5)cc43)c3ccccc3c2c1. The first kappa shape index (κ1) is 26.6. The molecule has 2 heterocycles. The van der Waals surface area contributed by atoms with Gasteiger partial charge in [-0.25, -0.2) is 0 Å². The summed E-state index contributed by atoms with van der Waals surface area (Å²) in [4.78, 5) is 0. The zero-order valence-corrected chi connectivity index (χ0v) is 25.9. The van der Waals surface area contributed by atoms with Crippen molar-refractivity contribution in [3.63, 3.8) is 0 Å². The van der Waals surface area contributed by atoms with Crippen LogP contribution >= 0.6 is 0 Å². The molecule has 0 radical (unpaired) electrons. The molecule has 0 spiro atoms. The number of nitrogens with zero attached hydrogens (tertiary/aromatic N) is 3. The summed E-state index contributed by atoms with van der Waals surface area (Å²) in [6.07, 6.45) is 0. The zero-order chi connectivity index (χ0) is 31.8. The molecule has 2 aromatic heterocycles. The van der Waals surface area contributed by atoms with Gasteiger partial charge in [0.25, 0.3) is 0 Å². The molecule has 0 atom stereocenters. The number of nitriles is 1. The van der Waals surface area contributed by atoms with Gasteiger partial charge in [0, 0.05) is 32.6 Å². The zero-order valence-electron chi connectivity index (χ0n) is 25.9. The summed E-state index contributed by atoms with van der Waals surface area (Å²) in [7, 11) is 0. The van der Waals surface area contributed by atoms with E-state index >= 15 is 0 Å². The summed E-state index contributed by atoms with van der Waals surface area (Å²) in [5.41, 5.74) is 10.1. The first-order chi connectivity index (χ1) is 23.8. The predicted octanol–water partition coefficient (Wildman–Crippen LogP) is 11.7. The maximum absolute atomic E-state index is 9.64. The third kappa shape index (κ3) is 3.81. The van der Waals surface area contributed by atoms with Gasteiger partial charge in [-0.2, -0.15) is 5.26 Å². The normalized spacial score (nSPS) is 11.7. The minimum Gasteiger partial charge on any atom is -0.309 e. The number of rotatable bonds is 3. The monoisotopic (exact) mass is 609 g/mol. The molecule has 0 saturated heterocycles. The first-order valence-electron chi connectivity index (χ1n) is 16.2. The number of hydrogen-bond donors (Lipinski definition) is 0. The number of benzene rings is 8. The second kappa shape index (κ2) is 10.2. The fourth-order valence-corrected chi connectivity index (χ4v) is 7.75. The maximum atomic E-state index is 9.64. The molecule has 3 nitrogen and oxygen atoms in total. The molecule has 0 aliphatic carbocycles. The molecular weight excluding hydrogens is 583 g/mol. The molecule has 10 rings (SSSR count). The van der Waals surface area contributed by atoms with Crippen LogP contribution in [-0.2, 0) is 0 Å². The highest BCUT2D eigenvalue weighted by molar-refractivity contribution is 6.16. The number of hydrogen-bond acceptors (Lipinski definition) is 1. The Morgan fingerprint density at radius 1 is 0.375 bits per heavy atom. The van der Waals surface area contributed by atoms with Crippen LogP contribution in [0.5, 0.6) is 0 Å². The quantitative estimate of drug-likeness (QED) is 0.183. The Morgan fingerprint density at radius 3 is 1.77 bits per heavy atom. The smallest absolute Gasteiger partial charge is 0.0991 e. The molecule has 0 amide bonds.